The van der Waals surface area contributed by atoms with Gasteiger partial charge >= 0.3 is 5.97 Å². The maximum absolute atomic E-state index is 10.6. The zero-order valence-electron chi connectivity index (χ0n) is 9.63. The number of ether oxygens (including phenoxy) is 1. The molecule has 0 spiro atoms. The highest BCUT2D eigenvalue weighted by Crippen LogP contribution is 2.13. The molecule has 0 saturated carbocycles. The lowest BCUT2D eigenvalue weighted by Crippen LogP contribution is -2.10. The number of para-hydroxylation sites is 1. The van der Waals surface area contributed by atoms with E-state index in [2.05, 4.69) is 5.32 Å². The van der Waals surface area contributed by atoms with Crippen LogP contribution in [0.2, 0.25) is 0 Å². The van der Waals surface area contributed by atoms with Crippen molar-refractivity contribution in [1.29, 1.82) is 0 Å². The van der Waals surface area contributed by atoms with E-state index >= 15 is 0 Å². The van der Waals surface area contributed by atoms with Gasteiger partial charge in [0.2, 0.25) is 5.76 Å². The summed E-state index contributed by atoms with van der Waals surface area (Å²) < 4.78 is 10.5. The van der Waals surface area contributed by atoms with E-state index in [1.54, 1.807) is 6.07 Å². The molecule has 1 heterocycles. The van der Waals surface area contributed by atoms with Crippen LogP contribution in [0.3, 0.4) is 0 Å². The van der Waals surface area contributed by atoms with E-state index in [1.807, 2.05) is 30.3 Å². The van der Waals surface area contributed by atoms with Crippen molar-refractivity contribution < 1.29 is 19.1 Å². The molecule has 0 amide bonds. The minimum Gasteiger partial charge on any atom is -0.492 e. The molecule has 2 aromatic rings. The predicted octanol–water partition coefficient (Wildman–Crippen LogP) is 2.47. The first-order valence-electron chi connectivity index (χ1n) is 5.50. The van der Waals surface area contributed by atoms with Crippen LogP contribution < -0.4 is 10.1 Å². The van der Waals surface area contributed by atoms with Gasteiger partial charge in [0.15, 0.2) is 5.88 Å². The summed E-state index contributed by atoms with van der Waals surface area (Å²) in [5, 5.41) is 11.6. The van der Waals surface area contributed by atoms with Crippen LogP contribution in [0.25, 0.3) is 0 Å². The Morgan fingerprint density at radius 2 is 2.00 bits per heavy atom. The smallest absolute Gasteiger partial charge is 0.371 e. The van der Waals surface area contributed by atoms with Crippen molar-refractivity contribution in [2.75, 3.05) is 18.5 Å². The van der Waals surface area contributed by atoms with Crippen LogP contribution in [0.4, 0.5) is 5.88 Å². The maximum atomic E-state index is 10.6. The zero-order chi connectivity index (χ0) is 12.8. The molecule has 0 saturated heterocycles. The summed E-state index contributed by atoms with van der Waals surface area (Å²) in [6, 6.07) is 12.4. The van der Waals surface area contributed by atoms with E-state index in [9.17, 15) is 4.79 Å². The predicted molar refractivity (Wildman–Crippen MR) is 66.1 cm³/mol. The summed E-state index contributed by atoms with van der Waals surface area (Å²) in [4.78, 5) is 10.6. The number of carboxylic acids is 1. The van der Waals surface area contributed by atoms with Gasteiger partial charge in [0.1, 0.15) is 12.4 Å². The van der Waals surface area contributed by atoms with Crippen molar-refractivity contribution in [2.24, 2.45) is 0 Å². The topological polar surface area (TPSA) is 71.7 Å². The Balaban J connectivity index is 1.73. The highest BCUT2D eigenvalue weighted by Gasteiger charge is 2.07. The Morgan fingerprint density at radius 3 is 2.67 bits per heavy atom. The zero-order valence-corrected chi connectivity index (χ0v) is 9.63. The number of hydrogen-bond acceptors (Lipinski definition) is 4. The molecule has 0 aliphatic rings. The third kappa shape index (κ3) is 3.28. The molecule has 2 rings (SSSR count). The fourth-order valence-corrected chi connectivity index (χ4v) is 1.41. The first kappa shape index (κ1) is 12.0. The van der Waals surface area contributed by atoms with Crippen LogP contribution >= 0.6 is 0 Å². The monoisotopic (exact) mass is 247 g/mol. The minimum atomic E-state index is -1.08. The standard InChI is InChI=1S/C13H13NO4/c15-13(16)11-6-7-12(18-11)14-8-9-17-10-4-2-1-3-5-10/h1-7,14H,8-9H2,(H,15,16). The molecule has 0 radical (unpaired) electrons. The van der Waals surface area contributed by atoms with E-state index in [4.69, 9.17) is 14.3 Å². The van der Waals surface area contributed by atoms with Gasteiger partial charge in [0.05, 0.1) is 6.54 Å². The van der Waals surface area contributed by atoms with Crippen LogP contribution in [0.15, 0.2) is 46.9 Å². The van der Waals surface area contributed by atoms with Gasteiger partial charge in [0.25, 0.3) is 0 Å². The molecule has 0 aliphatic carbocycles. The molecule has 0 fully saturated rings. The first-order valence-corrected chi connectivity index (χ1v) is 5.50. The molecule has 18 heavy (non-hydrogen) atoms. The summed E-state index contributed by atoms with van der Waals surface area (Å²) in [5.41, 5.74) is 0. The Labute approximate surface area is 104 Å². The summed E-state index contributed by atoms with van der Waals surface area (Å²) in [5.74, 6) is 0.0547. The maximum Gasteiger partial charge on any atom is 0.371 e. The summed E-state index contributed by atoms with van der Waals surface area (Å²) >= 11 is 0. The quantitative estimate of drug-likeness (QED) is 0.767. The van der Waals surface area contributed by atoms with E-state index in [1.165, 1.54) is 6.07 Å². The second kappa shape index (κ2) is 5.77. The molecule has 94 valence electrons. The van der Waals surface area contributed by atoms with E-state index in [0.29, 0.717) is 19.0 Å². The lowest BCUT2D eigenvalue weighted by molar-refractivity contribution is 0.0663. The molecular formula is C13H13NO4. The van der Waals surface area contributed by atoms with Crippen molar-refractivity contribution in [2.45, 2.75) is 0 Å². The Kier molecular flexibility index (Phi) is 3.86. The van der Waals surface area contributed by atoms with E-state index in [-0.39, 0.29) is 5.76 Å². The molecule has 0 unspecified atom stereocenters. The number of nitrogens with one attached hydrogen (secondary N) is 1. The van der Waals surface area contributed by atoms with Crippen molar-refractivity contribution in [3.8, 4) is 5.75 Å². The van der Waals surface area contributed by atoms with E-state index < -0.39 is 5.97 Å². The van der Waals surface area contributed by atoms with Crippen LogP contribution in [-0.2, 0) is 0 Å². The molecule has 1 aromatic carbocycles. The lowest BCUT2D eigenvalue weighted by Gasteiger charge is -2.06. The number of carbonyl (C=O) groups is 1. The molecule has 0 aliphatic heterocycles. The number of benzene rings is 1. The normalized spacial score (nSPS) is 10.0. The SMILES string of the molecule is O=C(O)c1ccc(NCCOc2ccccc2)o1. The average molecular weight is 247 g/mol. The first-order chi connectivity index (χ1) is 8.75. The van der Waals surface area contributed by atoms with Gasteiger partial charge in [-0.1, -0.05) is 18.2 Å². The number of anilines is 1. The Morgan fingerprint density at radius 1 is 1.22 bits per heavy atom. The number of rotatable bonds is 6. The third-order valence-corrected chi connectivity index (χ3v) is 2.23. The largest absolute Gasteiger partial charge is 0.492 e. The van der Waals surface area contributed by atoms with Gasteiger partial charge in [-0.25, -0.2) is 4.79 Å². The van der Waals surface area contributed by atoms with Crippen LogP contribution in [0.1, 0.15) is 10.6 Å². The lowest BCUT2D eigenvalue weighted by atomic mass is 10.3. The number of aromatic carboxylic acids is 1. The average Bonchev–Trinajstić information content (AvgIpc) is 2.85. The number of hydrogen-bond donors (Lipinski definition) is 2. The second-order valence-electron chi connectivity index (χ2n) is 3.56. The third-order valence-electron chi connectivity index (χ3n) is 2.23. The molecule has 5 nitrogen and oxygen atoms in total. The van der Waals surface area contributed by atoms with Crippen molar-refractivity contribution in [3.05, 3.63) is 48.2 Å². The van der Waals surface area contributed by atoms with Gasteiger partial charge in [0, 0.05) is 6.07 Å². The highest BCUT2D eigenvalue weighted by molar-refractivity contribution is 5.84. The fourth-order valence-electron chi connectivity index (χ4n) is 1.41. The highest BCUT2D eigenvalue weighted by atomic mass is 16.5. The van der Waals surface area contributed by atoms with Crippen molar-refractivity contribution in [1.82, 2.24) is 0 Å². The summed E-state index contributed by atoms with van der Waals surface area (Å²) in [6.07, 6.45) is 0. The van der Waals surface area contributed by atoms with Crippen molar-refractivity contribution >= 4 is 11.9 Å². The van der Waals surface area contributed by atoms with Gasteiger partial charge in [-0.15, -0.1) is 0 Å². The number of furan rings is 1. The van der Waals surface area contributed by atoms with Gasteiger partial charge in [-0.3, -0.25) is 0 Å². The molecule has 1 aromatic heterocycles. The Bertz CT molecular complexity index is 507. The second-order valence-corrected chi connectivity index (χ2v) is 3.56. The molecule has 0 atom stereocenters. The summed E-state index contributed by atoms with van der Waals surface area (Å²) in [7, 11) is 0. The van der Waals surface area contributed by atoms with Gasteiger partial charge in [-0.05, 0) is 18.2 Å². The molecule has 0 bridgehead atoms. The van der Waals surface area contributed by atoms with Crippen molar-refractivity contribution in [3.63, 3.8) is 0 Å². The Hall–Kier alpha value is -2.43. The molecule has 2 N–H and O–H groups in total. The van der Waals surface area contributed by atoms with Crippen LogP contribution in [0, 0.1) is 0 Å². The fraction of sp³-hybridized carbons (Fsp3) is 0.154. The van der Waals surface area contributed by atoms with Crippen LogP contribution in [0.5, 0.6) is 5.75 Å². The van der Waals surface area contributed by atoms with Gasteiger partial charge in [-0.2, -0.15) is 0 Å². The molecule has 5 heteroatoms. The summed E-state index contributed by atoms with van der Waals surface area (Å²) in [6.45, 7) is 0.995. The number of carboxylic acid groups (broad SMARTS) is 1. The van der Waals surface area contributed by atoms with Crippen LogP contribution in [-0.4, -0.2) is 24.2 Å². The van der Waals surface area contributed by atoms with Gasteiger partial charge < -0.3 is 19.6 Å². The minimum absolute atomic E-state index is 0.0820. The molecular weight excluding hydrogens is 234 g/mol. The van der Waals surface area contributed by atoms with E-state index in [0.717, 1.165) is 5.75 Å².